The Morgan fingerprint density at radius 2 is 2.03 bits per heavy atom. The van der Waals surface area contributed by atoms with Crippen LogP contribution in [0.4, 0.5) is 5.82 Å². The standard InChI is InChI=1S/C23H27N5O2/c1-4-21(29)27(3)14-20-25-15(2)17-9-10-22(30)28(23(17)26-20)12-11-16-13-24-19-8-6-5-7-18(16)19/h5-8,13,24H,4,9-12,14H2,1-3H3. The molecule has 1 aliphatic heterocycles. The molecule has 1 aromatic carbocycles. The van der Waals surface area contributed by atoms with Gasteiger partial charge in [0.05, 0.1) is 6.54 Å². The first-order valence-electron chi connectivity index (χ1n) is 10.4. The number of hydrogen-bond donors (Lipinski definition) is 1. The molecule has 30 heavy (non-hydrogen) atoms. The summed E-state index contributed by atoms with van der Waals surface area (Å²) in [5, 5.41) is 1.18. The maximum Gasteiger partial charge on any atom is 0.228 e. The van der Waals surface area contributed by atoms with Crippen LogP contribution in [0.3, 0.4) is 0 Å². The number of hydrogen-bond acceptors (Lipinski definition) is 4. The van der Waals surface area contributed by atoms with Gasteiger partial charge in [-0.3, -0.25) is 14.5 Å². The van der Waals surface area contributed by atoms with Crippen molar-refractivity contribution in [1.29, 1.82) is 0 Å². The van der Waals surface area contributed by atoms with Crippen molar-refractivity contribution in [2.75, 3.05) is 18.5 Å². The number of fused-ring (bicyclic) bond motifs is 2. The van der Waals surface area contributed by atoms with E-state index in [1.54, 1.807) is 16.8 Å². The third kappa shape index (κ3) is 3.79. The van der Waals surface area contributed by atoms with Crippen LogP contribution < -0.4 is 4.90 Å². The molecule has 0 saturated carbocycles. The molecule has 4 rings (SSSR count). The molecule has 0 bridgehead atoms. The van der Waals surface area contributed by atoms with E-state index in [4.69, 9.17) is 4.98 Å². The van der Waals surface area contributed by atoms with Crippen LogP contribution in [0.25, 0.3) is 10.9 Å². The van der Waals surface area contributed by atoms with Gasteiger partial charge in [0, 0.05) is 54.8 Å². The van der Waals surface area contributed by atoms with E-state index >= 15 is 0 Å². The highest BCUT2D eigenvalue weighted by atomic mass is 16.2. The zero-order chi connectivity index (χ0) is 21.3. The molecule has 0 atom stereocenters. The minimum atomic E-state index is 0.0428. The van der Waals surface area contributed by atoms with Gasteiger partial charge in [0.1, 0.15) is 11.6 Å². The van der Waals surface area contributed by atoms with E-state index in [9.17, 15) is 9.59 Å². The number of nitrogens with one attached hydrogen (secondary N) is 1. The normalized spacial score (nSPS) is 13.6. The van der Waals surface area contributed by atoms with Crippen molar-refractivity contribution in [3.63, 3.8) is 0 Å². The van der Waals surface area contributed by atoms with Crippen molar-refractivity contribution in [3.05, 3.63) is 53.1 Å². The molecule has 156 valence electrons. The number of carbonyl (C=O) groups excluding carboxylic acids is 2. The summed E-state index contributed by atoms with van der Waals surface area (Å²) in [4.78, 5) is 40.8. The van der Waals surface area contributed by atoms with Crippen molar-refractivity contribution in [3.8, 4) is 0 Å². The predicted molar refractivity (Wildman–Crippen MR) is 116 cm³/mol. The third-order valence-corrected chi connectivity index (χ3v) is 5.77. The summed E-state index contributed by atoms with van der Waals surface area (Å²) in [6.07, 6.45) is 4.33. The summed E-state index contributed by atoms with van der Waals surface area (Å²) < 4.78 is 0. The number of benzene rings is 1. The Hall–Kier alpha value is -3.22. The molecular formula is C23H27N5O2. The SMILES string of the molecule is CCC(=O)N(C)Cc1nc(C)c2c(n1)N(CCc1c[nH]c3ccccc13)C(=O)CC2. The minimum absolute atomic E-state index is 0.0428. The smallest absolute Gasteiger partial charge is 0.228 e. The van der Waals surface area contributed by atoms with Crippen LogP contribution in [0, 0.1) is 6.92 Å². The van der Waals surface area contributed by atoms with Gasteiger partial charge in [-0.05, 0) is 31.4 Å². The van der Waals surface area contributed by atoms with Gasteiger partial charge < -0.3 is 9.88 Å². The average molecular weight is 406 g/mol. The summed E-state index contributed by atoms with van der Waals surface area (Å²) >= 11 is 0. The number of aromatic nitrogens is 3. The van der Waals surface area contributed by atoms with Crippen LogP contribution in [-0.4, -0.2) is 45.3 Å². The summed E-state index contributed by atoms with van der Waals surface area (Å²) in [5.74, 6) is 1.40. The number of para-hydroxylation sites is 1. The second-order valence-electron chi connectivity index (χ2n) is 7.79. The molecule has 2 aromatic heterocycles. The topological polar surface area (TPSA) is 82.2 Å². The van der Waals surface area contributed by atoms with E-state index in [0.717, 1.165) is 23.2 Å². The number of nitrogens with zero attached hydrogens (tertiary/aromatic N) is 4. The molecule has 3 aromatic rings. The third-order valence-electron chi connectivity index (χ3n) is 5.77. The van der Waals surface area contributed by atoms with Gasteiger partial charge in [0.15, 0.2) is 0 Å². The summed E-state index contributed by atoms with van der Waals surface area (Å²) in [6.45, 7) is 4.70. The lowest BCUT2D eigenvalue weighted by atomic mass is 10.0. The molecule has 1 N–H and O–H groups in total. The fourth-order valence-electron chi connectivity index (χ4n) is 4.08. The van der Waals surface area contributed by atoms with Crippen LogP contribution in [0.15, 0.2) is 30.5 Å². The van der Waals surface area contributed by atoms with E-state index in [-0.39, 0.29) is 11.8 Å². The van der Waals surface area contributed by atoms with Gasteiger partial charge in [-0.15, -0.1) is 0 Å². The lowest BCUT2D eigenvalue weighted by Gasteiger charge is -2.29. The van der Waals surface area contributed by atoms with Crippen molar-refractivity contribution < 1.29 is 9.59 Å². The lowest BCUT2D eigenvalue weighted by molar-refractivity contribution is -0.130. The lowest BCUT2D eigenvalue weighted by Crippen LogP contribution is -2.38. The van der Waals surface area contributed by atoms with Gasteiger partial charge in [0.25, 0.3) is 0 Å². The van der Waals surface area contributed by atoms with E-state index in [1.165, 1.54) is 10.9 Å². The van der Waals surface area contributed by atoms with E-state index < -0.39 is 0 Å². The number of carbonyl (C=O) groups is 2. The number of amides is 2. The molecule has 2 amide bonds. The molecule has 0 radical (unpaired) electrons. The minimum Gasteiger partial charge on any atom is -0.361 e. The Morgan fingerprint density at radius 3 is 2.83 bits per heavy atom. The maximum absolute atomic E-state index is 12.8. The van der Waals surface area contributed by atoms with Gasteiger partial charge in [0.2, 0.25) is 11.8 Å². The molecule has 0 fully saturated rings. The monoisotopic (exact) mass is 405 g/mol. The Kier molecular flexibility index (Phi) is 5.53. The fraction of sp³-hybridized carbons (Fsp3) is 0.391. The van der Waals surface area contributed by atoms with Gasteiger partial charge in [-0.1, -0.05) is 25.1 Å². The van der Waals surface area contributed by atoms with Crippen molar-refractivity contribution in [1.82, 2.24) is 19.9 Å². The van der Waals surface area contributed by atoms with Crippen molar-refractivity contribution in [2.45, 2.75) is 46.1 Å². The Morgan fingerprint density at radius 1 is 1.23 bits per heavy atom. The molecule has 3 heterocycles. The molecule has 1 aliphatic rings. The van der Waals surface area contributed by atoms with Crippen LogP contribution in [-0.2, 0) is 29.0 Å². The molecule has 0 saturated heterocycles. The van der Waals surface area contributed by atoms with Crippen molar-refractivity contribution in [2.24, 2.45) is 0 Å². The fourth-order valence-corrected chi connectivity index (χ4v) is 4.08. The molecular weight excluding hydrogens is 378 g/mol. The average Bonchev–Trinajstić information content (AvgIpc) is 3.15. The van der Waals surface area contributed by atoms with Gasteiger partial charge >= 0.3 is 0 Å². The second kappa shape index (κ2) is 8.26. The quantitative estimate of drug-likeness (QED) is 0.683. The zero-order valence-corrected chi connectivity index (χ0v) is 17.7. The number of aryl methyl sites for hydroxylation is 1. The van der Waals surface area contributed by atoms with E-state index in [2.05, 4.69) is 22.1 Å². The number of rotatable bonds is 6. The summed E-state index contributed by atoms with van der Waals surface area (Å²) in [7, 11) is 1.75. The Bertz CT molecular complexity index is 1100. The second-order valence-corrected chi connectivity index (χ2v) is 7.79. The first-order chi connectivity index (χ1) is 14.5. The highest BCUT2D eigenvalue weighted by Crippen LogP contribution is 2.29. The van der Waals surface area contributed by atoms with Crippen LogP contribution in [0.2, 0.25) is 0 Å². The summed E-state index contributed by atoms with van der Waals surface area (Å²) in [5.41, 5.74) is 4.20. The van der Waals surface area contributed by atoms with Crippen LogP contribution in [0.5, 0.6) is 0 Å². The number of H-pyrrole nitrogens is 1. The molecule has 0 unspecified atom stereocenters. The number of aromatic amines is 1. The van der Waals surface area contributed by atoms with E-state index in [1.807, 2.05) is 32.2 Å². The van der Waals surface area contributed by atoms with Crippen LogP contribution >= 0.6 is 0 Å². The van der Waals surface area contributed by atoms with Gasteiger partial charge in [-0.25, -0.2) is 9.97 Å². The largest absolute Gasteiger partial charge is 0.361 e. The zero-order valence-electron chi connectivity index (χ0n) is 17.7. The molecule has 0 spiro atoms. The first-order valence-corrected chi connectivity index (χ1v) is 10.4. The first kappa shape index (κ1) is 20.1. The van der Waals surface area contributed by atoms with Gasteiger partial charge in [-0.2, -0.15) is 0 Å². The Labute approximate surface area is 176 Å². The van der Waals surface area contributed by atoms with Crippen molar-refractivity contribution >= 4 is 28.5 Å². The molecule has 7 heteroatoms. The van der Waals surface area contributed by atoms with Crippen LogP contribution in [0.1, 0.15) is 42.4 Å². The van der Waals surface area contributed by atoms with E-state index in [0.29, 0.717) is 44.0 Å². The Balaban J connectivity index is 1.60. The number of anilines is 1. The highest BCUT2D eigenvalue weighted by Gasteiger charge is 2.28. The predicted octanol–water partition coefficient (Wildman–Crippen LogP) is 3.16. The molecule has 7 nitrogen and oxygen atoms in total. The summed E-state index contributed by atoms with van der Waals surface area (Å²) in [6, 6.07) is 8.18. The highest BCUT2D eigenvalue weighted by molar-refractivity contribution is 5.95. The molecule has 0 aliphatic carbocycles. The maximum atomic E-state index is 12.8.